The SMILES string of the molecule is CCOc1ccc(S(=O)(=O)NC[C@@H](c2ccc3c(c2)OCO3)N2CCN(C)CC2)cc1. The molecule has 168 valence electrons. The van der Waals surface area contributed by atoms with Gasteiger partial charge in [-0.05, 0) is 55.9 Å². The predicted molar refractivity (Wildman–Crippen MR) is 117 cm³/mol. The zero-order valence-corrected chi connectivity index (χ0v) is 18.7. The highest BCUT2D eigenvalue weighted by Crippen LogP contribution is 2.35. The van der Waals surface area contributed by atoms with E-state index in [1.165, 1.54) is 0 Å². The van der Waals surface area contributed by atoms with Gasteiger partial charge in [0.25, 0.3) is 0 Å². The molecule has 2 aliphatic heterocycles. The molecule has 0 radical (unpaired) electrons. The first kappa shape index (κ1) is 21.9. The van der Waals surface area contributed by atoms with Crippen LogP contribution in [0, 0.1) is 0 Å². The third kappa shape index (κ3) is 5.12. The van der Waals surface area contributed by atoms with Crippen LogP contribution in [0.3, 0.4) is 0 Å². The van der Waals surface area contributed by atoms with Crippen LogP contribution in [0.2, 0.25) is 0 Å². The van der Waals surface area contributed by atoms with Gasteiger partial charge in [0.2, 0.25) is 16.8 Å². The zero-order chi connectivity index (χ0) is 21.8. The molecule has 2 aromatic rings. The minimum atomic E-state index is -3.65. The quantitative estimate of drug-likeness (QED) is 0.664. The van der Waals surface area contributed by atoms with Crippen molar-refractivity contribution in [2.75, 3.05) is 53.2 Å². The van der Waals surface area contributed by atoms with Crippen LogP contribution in [0.25, 0.3) is 0 Å². The van der Waals surface area contributed by atoms with Gasteiger partial charge in [-0.15, -0.1) is 0 Å². The Labute approximate surface area is 183 Å². The molecule has 0 aromatic heterocycles. The van der Waals surface area contributed by atoms with Crippen molar-refractivity contribution in [2.45, 2.75) is 17.9 Å². The van der Waals surface area contributed by atoms with E-state index in [0.717, 1.165) is 37.5 Å². The Morgan fingerprint density at radius 3 is 2.45 bits per heavy atom. The molecule has 1 N–H and O–H groups in total. The molecular formula is C22H29N3O5S. The first-order chi connectivity index (χ1) is 15.0. The van der Waals surface area contributed by atoms with Crippen molar-refractivity contribution < 1.29 is 22.6 Å². The molecule has 9 heteroatoms. The van der Waals surface area contributed by atoms with E-state index in [2.05, 4.69) is 21.6 Å². The number of rotatable bonds is 8. The Kier molecular flexibility index (Phi) is 6.66. The summed E-state index contributed by atoms with van der Waals surface area (Å²) in [4.78, 5) is 4.81. The van der Waals surface area contributed by atoms with Crippen LogP contribution in [-0.2, 0) is 10.0 Å². The minimum absolute atomic E-state index is 0.110. The monoisotopic (exact) mass is 447 g/mol. The summed E-state index contributed by atoms with van der Waals surface area (Å²) in [6.45, 7) is 6.49. The van der Waals surface area contributed by atoms with Crippen LogP contribution in [-0.4, -0.2) is 71.4 Å². The van der Waals surface area contributed by atoms with Gasteiger partial charge in [-0.1, -0.05) is 6.07 Å². The number of ether oxygens (including phenoxy) is 3. The van der Waals surface area contributed by atoms with E-state index >= 15 is 0 Å². The lowest BCUT2D eigenvalue weighted by atomic mass is 10.0. The Bertz CT molecular complexity index is 989. The Morgan fingerprint density at radius 1 is 1.03 bits per heavy atom. The van der Waals surface area contributed by atoms with Crippen molar-refractivity contribution >= 4 is 10.0 Å². The minimum Gasteiger partial charge on any atom is -0.494 e. The zero-order valence-electron chi connectivity index (χ0n) is 17.9. The lowest BCUT2D eigenvalue weighted by Crippen LogP contribution is -2.48. The van der Waals surface area contributed by atoms with Crippen molar-refractivity contribution in [2.24, 2.45) is 0 Å². The van der Waals surface area contributed by atoms with Gasteiger partial charge >= 0.3 is 0 Å². The molecule has 0 bridgehead atoms. The number of benzene rings is 2. The first-order valence-corrected chi connectivity index (χ1v) is 12.0. The topological polar surface area (TPSA) is 80.3 Å². The number of sulfonamides is 1. The normalized spacial score (nSPS) is 18.1. The highest BCUT2D eigenvalue weighted by Gasteiger charge is 2.27. The molecule has 8 nitrogen and oxygen atoms in total. The Morgan fingerprint density at radius 2 is 1.74 bits per heavy atom. The second-order valence-corrected chi connectivity index (χ2v) is 9.49. The molecule has 0 saturated carbocycles. The third-order valence-electron chi connectivity index (χ3n) is 5.67. The maximum absolute atomic E-state index is 12.9. The molecule has 0 amide bonds. The van der Waals surface area contributed by atoms with Gasteiger partial charge in [0, 0.05) is 38.8 Å². The molecule has 1 atom stereocenters. The number of hydrogen-bond acceptors (Lipinski definition) is 7. The number of fused-ring (bicyclic) bond motifs is 1. The Balaban J connectivity index is 1.53. The van der Waals surface area contributed by atoms with Crippen molar-refractivity contribution in [1.29, 1.82) is 0 Å². The van der Waals surface area contributed by atoms with Crippen LogP contribution in [0.5, 0.6) is 17.2 Å². The maximum Gasteiger partial charge on any atom is 0.240 e. The van der Waals surface area contributed by atoms with E-state index in [1.807, 2.05) is 25.1 Å². The summed E-state index contributed by atoms with van der Waals surface area (Å²) in [5, 5.41) is 0. The second-order valence-electron chi connectivity index (χ2n) is 7.72. The van der Waals surface area contributed by atoms with E-state index in [0.29, 0.717) is 18.1 Å². The van der Waals surface area contributed by atoms with Gasteiger partial charge < -0.3 is 19.1 Å². The first-order valence-electron chi connectivity index (χ1n) is 10.5. The number of piperazine rings is 1. The lowest BCUT2D eigenvalue weighted by molar-refractivity contribution is 0.112. The lowest BCUT2D eigenvalue weighted by Gasteiger charge is -2.38. The molecule has 31 heavy (non-hydrogen) atoms. The number of hydrogen-bond donors (Lipinski definition) is 1. The number of likely N-dealkylation sites (N-methyl/N-ethyl adjacent to an activating group) is 1. The average molecular weight is 448 g/mol. The van der Waals surface area contributed by atoms with Crippen LogP contribution < -0.4 is 18.9 Å². The van der Waals surface area contributed by atoms with Crippen molar-refractivity contribution in [1.82, 2.24) is 14.5 Å². The molecule has 0 unspecified atom stereocenters. The summed E-state index contributed by atoms with van der Waals surface area (Å²) in [6.07, 6.45) is 0. The van der Waals surface area contributed by atoms with Crippen LogP contribution in [0.15, 0.2) is 47.4 Å². The summed E-state index contributed by atoms with van der Waals surface area (Å²) >= 11 is 0. The molecule has 4 rings (SSSR count). The molecule has 0 aliphatic carbocycles. The largest absolute Gasteiger partial charge is 0.494 e. The van der Waals surface area contributed by atoms with E-state index in [-0.39, 0.29) is 24.3 Å². The van der Waals surface area contributed by atoms with Crippen molar-refractivity contribution in [3.8, 4) is 17.2 Å². The second kappa shape index (κ2) is 9.44. The third-order valence-corrected chi connectivity index (χ3v) is 7.11. The molecule has 1 saturated heterocycles. The standard InChI is InChI=1S/C22H29N3O5S/c1-3-28-18-5-7-19(8-6-18)31(26,27)23-15-20(25-12-10-24(2)11-13-25)17-4-9-21-22(14-17)30-16-29-21/h4-9,14,20,23H,3,10-13,15-16H2,1-2H3/t20-/m0/s1. The van der Waals surface area contributed by atoms with Gasteiger partial charge in [0.15, 0.2) is 11.5 Å². The molecule has 1 fully saturated rings. The molecule has 2 heterocycles. The van der Waals surface area contributed by atoms with E-state index in [4.69, 9.17) is 14.2 Å². The highest BCUT2D eigenvalue weighted by molar-refractivity contribution is 7.89. The summed E-state index contributed by atoms with van der Waals surface area (Å²) < 4.78 is 45.1. The molecule has 0 spiro atoms. The van der Waals surface area contributed by atoms with Crippen molar-refractivity contribution in [3.63, 3.8) is 0 Å². The number of nitrogens with zero attached hydrogens (tertiary/aromatic N) is 2. The molecule has 2 aromatic carbocycles. The van der Waals surface area contributed by atoms with E-state index < -0.39 is 10.0 Å². The maximum atomic E-state index is 12.9. The fourth-order valence-corrected chi connectivity index (χ4v) is 4.90. The smallest absolute Gasteiger partial charge is 0.240 e. The average Bonchev–Trinajstić information content (AvgIpc) is 3.24. The highest BCUT2D eigenvalue weighted by atomic mass is 32.2. The van der Waals surface area contributed by atoms with Crippen LogP contribution in [0.4, 0.5) is 0 Å². The molecular weight excluding hydrogens is 418 g/mol. The van der Waals surface area contributed by atoms with Gasteiger partial charge in [0.1, 0.15) is 5.75 Å². The summed E-state index contributed by atoms with van der Waals surface area (Å²) in [5.74, 6) is 2.07. The van der Waals surface area contributed by atoms with Gasteiger partial charge in [0.05, 0.1) is 11.5 Å². The van der Waals surface area contributed by atoms with Gasteiger partial charge in [-0.2, -0.15) is 0 Å². The summed E-state index contributed by atoms with van der Waals surface area (Å²) in [5.41, 5.74) is 1.00. The fourth-order valence-electron chi connectivity index (χ4n) is 3.87. The fraction of sp³-hybridized carbons (Fsp3) is 0.455. The number of nitrogens with one attached hydrogen (secondary N) is 1. The summed E-state index contributed by atoms with van der Waals surface area (Å²) in [6, 6.07) is 12.2. The van der Waals surface area contributed by atoms with Crippen LogP contribution >= 0.6 is 0 Å². The Hall–Kier alpha value is -2.33. The molecule has 2 aliphatic rings. The predicted octanol–water partition coefficient (Wildman–Crippen LogP) is 2.08. The summed E-state index contributed by atoms with van der Waals surface area (Å²) in [7, 11) is -1.56. The van der Waals surface area contributed by atoms with E-state index in [9.17, 15) is 8.42 Å². The van der Waals surface area contributed by atoms with E-state index in [1.54, 1.807) is 24.3 Å². The van der Waals surface area contributed by atoms with Gasteiger partial charge in [-0.3, -0.25) is 4.90 Å². The van der Waals surface area contributed by atoms with Crippen LogP contribution in [0.1, 0.15) is 18.5 Å². The van der Waals surface area contributed by atoms with Crippen molar-refractivity contribution in [3.05, 3.63) is 48.0 Å². The van der Waals surface area contributed by atoms with Gasteiger partial charge in [-0.25, -0.2) is 13.1 Å².